The third-order valence-corrected chi connectivity index (χ3v) is 8.18. The molecule has 4 nitrogen and oxygen atoms in total. The van der Waals surface area contributed by atoms with Crippen LogP contribution in [-0.2, 0) is 18.3 Å². The Kier molecular flexibility index (Phi) is 4.98. The van der Waals surface area contributed by atoms with Crippen molar-refractivity contribution in [1.82, 2.24) is 9.88 Å². The van der Waals surface area contributed by atoms with Crippen LogP contribution in [0.25, 0.3) is 10.9 Å². The highest BCUT2D eigenvalue weighted by atomic mass is 16.5. The zero-order valence-corrected chi connectivity index (χ0v) is 19.8. The van der Waals surface area contributed by atoms with E-state index < -0.39 is 0 Å². The average Bonchev–Trinajstić information content (AvgIpc) is 3.25. The first-order valence-electron chi connectivity index (χ1n) is 12.2. The highest BCUT2D eigenvalue weighted by molar-refractivity contribution is 5.94. The van der Waals surface area contributed by atoms with Gasteiger partial charge in [-0.05, 0) is 73.1 Å². The van der Waals surface area contributed by atoms with Gasteiger partial charge in [-0.15, -0.1) is 0 Å². The van der Waals surface area contributed by atoms with Gasteiger partial charge in [0.25, 0.3) is 5.91 Å². The maximum Gasteiger partial charge on any atom is 0.253 e. The van der Waals surface area contributed by atoms with Crippen LogP contribution in [0.4, 0.5) is 0 Å². The number of aromatic nitrogens is 1. The van der Waals surface area contributed by atoms with Gasteiger partial charge in [-0.2, -0.15) is 0 Å². The molecular formula is C30H30N2O2. The van der Waals surface area contributed by atoms with Crippen molar-refractivity contribution in [3.63, 3.8) is 0 Å². The van der Waals surface area contributed by atoms with Crippen molar-refractivity contribution in [2.24, 2.45) is 5.92 Å². The van der Waals surface area contributed by atoms with Gasteiger partial charge < -0.3 is 14.6 Å². The number of methoxy groups -OCH3 is 1. The Bertz CT molecular complexity index is 1370. The first kappa shape index (κ1) is 21.0. The Morgan fingerprint density at radius 2 is 1.88 bits per heavy atom. The topological polar surface area (TPSA) is 45.3 Å². The molecule has 4 aromatic rings. The quantitative estimate of drug-likeness (QED) is 0.436. The highest BCUT2D eigenvalue weighted by Gasteiger charge is 2.49. The molecule has 0 spiro atoms. The molecule has 1 N–H and O–H groups in total. The lowest BCUT2D eigenvalue weighted by molar-refractivity contribution is 0.0501. The molecule has 1 fully saturated rings. The van der Waals surface area contributed by atoms with E-state index in [0.29, 0.717) is 5.92 Å². The zero-order chi connectivity index (χ0) is 23.3. The smallest absolute Gasteiger partial charge is 0.253 e. The first-order valence-corrected chi connectivity index (χ1v) is 12.2. The molecule has 0 bridgehead atoms. The summed E-state index contributed by atoms with van der Waals surface area (Å²) in [5.41, 5.74) is 7.39. The summed E-state index contributed by atoms with van der Waals surface area (Å²) in [5, 5.41) is 1.33. The van der Waals surface area contributed by atoms with Crippen molar-refractivity contribution in [1.29, 1.82) is 0 Å². The average molecular weight is 451 g/mol. The number of nitrogens with zero attached hydrogens (tertiary/aromatic N) is 1. The largest absolute Gasteiger partial charge is 0.497 e. The second-order valence-corrected chi connectivity index (χ2v) is 9.91. The molecule has 1 aliphatic carbocycles. The van der Waals surface area contributed by atoms with Crippen molar-refractivity contribution < 1.29 is 9.53 Å². The van der Waals surface area contributed by atoms with Crippen molar-refractivity contribution in [3.05, 3.63) is 101 Å². The number of benzene rings is 3. The number of carbonyl (C=O) groups is 1. The third kappa shape index (κ3) is 3.24. The van der Waals surface area contributed by atoms with Gasteiger partial charge in [-0.25, -0.2) is 0 Å². The zero-order valence-electron chi connectivity index (χ0n) is 19.8. The molecule has 0 radical (unpaired) electrons. The summed E-state index contributed by atoms with van der Waals surface area (Å²) in [5.74, 6) is 1.38. The number of ether oxygens (including phenoxy) is 1. The molecule has 6 rings (SSSR count). The van der Waals surface area contributed by atoms with E-state index in [4.69, 9.17) is 4.74 Å². The molecule has 2 heterocycles. The van der Waals surface area contributed by atoms with Crippen molar-refractivity contribution >= 4 is 16.8 Å². The number of fused-ring (bicyclic) bond motifs is 4. The molecule has 3 aromatic carbocycles. The number of amides is 1. The fourth-order valence-electron chi connectivity index (χ4n) is 6.35. The van der Waals surface area contributed by atoms with Crippen LogP contribution in [0.1, 0.15) is 39.2 Å². The number of aryl methyl sites for hydroxylation is 1. The Morgan fingerprint density at radius 1 is 1.06 bits per heavy atom. The predicted molar refractivity (Wildman–Crippen MR) is 136 cm³/mol. The standard InChI is InChI=1S/C30H30N2O2/c1-20-8-6-13-25-26-17-23-19-32(29(33)21-9-4-3-5-10-21)15-14-30(23,18-27(26)31-28(20)25)22-11-7-12-24(16-22)34-2/h3-13,16,23,31H,14-15,17-19H2,1-2H3. The minimum atomic E-state index is -0.0240. The molecule has 1 saturated heterocycles. The predicted octanol–water partition coefficient (Wildman–Crippen LogP) is 5.68. The van der Waals surface area contributed by atoms with E-state index in [1.807, 2.05) is 36.4 Å². The number of piperidine rings is 1. The Balaban J connectivity index is 1.44. The van der Waals surface area contributed by atoms with Crippen molar-refractivity contribution in [2.75, 3.05) is 20.2 Å². The summed E-state index contributed by atoms with van der Waals surface area (Å²) in [6, 6.07) is 24.9. The normalized spacial score (nSPS) is 21.7. The lowest BCUT2D eigenvalue weighted by Gasteiger charge is -2.51. The summed E-state index contributed by atoms with van der Waals surface area (Å²) in [6.07, 6.45) is 2.87. The molecule has 172 valence electrons. The number of likely N-dealkylation sites (tertiary alicyclic amines) is 1. The first-order chi connectivity index (χ1) is 16.6. The monoisotopic (exact) mass is 450 g/mol. The van der Waals surface area contributed by atoms with E-state index in [1.54, 1.807) is 7.11 Å². The number of aromatic amines is 1. The van der Waals surface area contributed by atoms with Crippen LogP contribution in [0.15, 0.2) is 72.8 Å². The van der Waals surface area contributed by atoms with E-state index in [9.17, 15) is 4.79 Å². The van der Waals surface area contributed by atoms with Gasteiger partial charge in [-0.1, -0.05) is 48.5 Å². The Morgan fingerprint density at radius 3 is 2.71 bits per heavy atom. The highest BCUT2D eigenvalue weighted by Crippen LogP contribution is 2.50. The molecule has 1 amide bonds. The van der Waals surface area contributed by atoms with Crippen molar-refractivity contribution in [3.8, 4) is 5.75 Å². The Labute approximate surface area is 200 Å². The summed E-state index contributed by atoms with van der Waals surface area (Å²) < 4.78 is 5.60. The minimum absolute atomic E-state index is 0.0240. The molecule has 2 unspecified atom stereocenters. The van der Waals surface area contributed by atoms with Crippen LogP contribution in [0, 0.1) is 12.8 Å². The van der Waals surface area contributed by atoms with Gasteiger partial charge in [0.1, 0.15) is 5.75 Å². The second kappa shape index (κ2) is 8.05. The molecule has 34 heavy (non-hydrogen) atoms. The lowest BCUT2D eigenvalue weighted by atomic mass is 9.58. The molecule has 1 aromatic heterocycles. The van der Waals surface area contributed by atoms with Gasteiger partial charge in [0.2, 0.25) is 0 Å². The third-order valence-electron chi connectivity index (χ3n) is 8.18. The second-order valence-electron chi connectivity index (χ2n) is 9.91. The van der Waals surface area contributed by atoms with Gasteiger partial charge in [-0.3, -0.25) is 4.79 Å². The van der Waals surface area contributed by atoms with Gasteiger partial charge in [0.05, 0.1) is 7.11 Å². The van der Waals surface area contributed by atoms with E-state index >= 15 is 0 Å². The fraction of sp³-hybridized carbons (Fsp3) is 0.300. The minimum Gasteiger partial charge on any atom is -0.497 e. The summed E-state index contributed by atoms with van der Waals surface area (Å²) in [4.78, 5) is 19.2. The number of carbonyl (C=O) groups excluding carboxylic acids is 1. The number of nitrogens with one attached hydrogen (secondary N) is 1. The van der Waals surface area contributed by atoms with Gasteiger partial charge in [0, 0.05) is 40.7 Å². The molecule has 0 saturated carbocycles. The molecule has 4 heteroatoms. The van der Waals surface area contributed by atoms with E-state index in [2.05, 4.69) is 53.2 Å². The van der Waals surface area contributed by atoms with Crippen LogP contribution in [0.2, 0.25) is 0 Å². The lowest BCUT2D eigenvalue weighted by Crippen LogP contribution is -2.55. The van der Waals surface area contributed by atoms with E-state index in [0.717, 1.165) is 43.7 Å². The van der Waals surface area contributed by atoms with Gasteiger partial charge in [0.15, 0.2) is 0 Å². The number of hydrogen-bond acceptors (Lipinski definition) is 2. The van der Waals surface area contributed by atoms with E-state index in [-0.39, 0.29) is 11.3 Å². The molecule has 1 aliphatic heterocycles. The van der Waals surface area contributed by atoms with Gasteiger partial charge >= 0.3 is 0 Å². The summed E-state index contributed by atoms with van der Waals surface area (Å²) in [6.45, 7) is 3.70. The molecule has 2 aliphatic rings. The molecular weight excluding hydrogens is 420 g/mol. The van der Waals surface area contributed by atoms with Crippen LogP contribution in [0.5, 0.6) is 5.75 Å². The van der Waals surface area contributed by atoms with E-state index in [1.165, 1.54) is 33.3 Å². The number of H-pyrrole nitrogens is 1. The Hall–Kier alpha value is -3.53. The summed E-state index contributed by atoms with van der Waals surface area (Å²) >= 11 is 0. The number of hydrogen-bond donors (Lipinski definition) is 1. The summed E-state index contributed by atoms with van der Waals surface area (Å²) in [7, 11) is 1.73. The SMILES string of the molecule is COc1cccc(C23CCN(C(=O)c4ccccc4)CC2Cc2c([nH]c4c(C)cccc24)C3)c1. The maximum atomic E-state index is 13.4. The number of rotatable bonds is 3. The van der Waals surface area contributed by atoms with Crippen LogP contribution in [0.3, 0.4) is 0 Å². The van der Waals surface area contributed by atoms with Crippen LogP contribution < -0.4 is 4.74 Å². The maximum absolute atomic E-state index is 13.4. The fourth-order valence-corrected chi connectivity index (χ4v) is 6.35. The van der Waals surface area contributed by atoms with Crippen LogP contribution in [-0.4, -0.2) is 36.0 Å². The van der Waals surface area contributed by atoms with Crippen molar-refractivity contribution in [2.45, 2.75) is 31.6 Å². The van der Waals surface area contributed by atoms with Crippen LogP contribution >= 0.6 is 0 Å². The molecule has 2 atom stereocenters. The number of para-hydroxylation sites is 1.